The number of fused-ring (bicyclic) bond motifs is 1. The molecule has 0 N–H and O–H groups in total. The Bertz CT molecular complexity index is 920. The van der Waals surface area contributed by atoms with Crippen LogP contribution >= 0.6 is 0 Å². The molecule has 1 atom stereocenters. The highest BCUT2D eigenvalue weighted by Crippen LogP contribution is 2.32. The zero-order valence-corrected chi connectivity index (χ0v) is 15.7. The molecule has 0 aliphatic carbocycles. The molecule has 1 aromatic carbocycles. The molecule has 0 bridgehead atoms. The minimum atomic E-state index is 0.0915. The van der Waals surface area contributed by atoms with Crippen LogP contribution in [0.15, 0.2) is 54.9 Å². The number of hydrogen-bond donors (Lipinski definition) is 0. The summed E-state index contributed by atoms with van der Waals surface area (Å²) in [4.78, 5) is 19.9. The Morgan fingerprint density at radius 2 is 2.11 bits per heavy atom. The minimum Gasteiger partial charge on any atom is -0.383 e. The van der Waals surface area contributed by atoms with Gasteiger partial charge in [0.25, 0.3) is 5.91 Å². The molecule has 1 aliphatic heterocycles. The highest BCUT2D eigenvalue weighted by atomic mass is 16.5. The van der Waals surface area contributed by atoms with E-state index in [9.17, 15) is 4.79 Å². The van der Waals surface area contributed by atoms with Gasteiger partial charge < -0.3 is 14.2 Å². The van der Waals surface area contributed by atoms with Crippen LogP contribution < -0.4 is 0 Å². The van der Waals surface area contributed by atoms with Crippen molar-refractivity contribution < 1.29 is 9.53 Å². The number of ether oxygens (including phenoxy) is 1. The van der Waals surface area contributed by atoms with E-state index in [1.807, 2.05) is 35.4 Å². The average molecular weight is 363 g/mol. The van der Waals surface area contributed by atoms with Crippen LogP contribution in [-0.4, -0.2) is 40.6 Å². The van der Waals surface area contributed by atoms with Crippen LogP contribution in [0.1, 0.15) is 41.4 Å². The lowest BCUT2D eigenvalue weighted by Crippen LogP contribution is -2.39. The summed E-state index contributed by atoms with van der Waals surface area (Å²) in [5, 5.41) is 1.09. The maximum Gasteiger partial charge on any atom is 0.271 e. The van der Waals surface area contributed by atoms with E-state index in [0.717, 1.165) is 48.0 Å². The highest BCUT2D eigenvalue weighted by molar-refractivity contribution is 5.99. The number of carbonyl (C=O) groups excluding carboxylic acids is 1. The Morgan fingerprint density at radius 3 is 2.93 bits per heavy atom. The first-order valence-corrected chi connectivity index (χ1v) is 9.57. The molecule has 1 amide bonds. The summed E-state index contributed by atoms with van der Waals surface area (Å²) in [5.74, 6) is 0.0934. The number of hydrogen-bond acceptors (Lipinski definition) is 3. The fraction of sp³-hybridized carbons (Fsp3) is 0.364. The van der Waals surface area contributed by atoms with E-state index in [1.165, 1.54) is 0 Å². The molecular weight excluding hydrogens is 338 g/mol. The fourth-order valence-electron chi connectivity index (χ4n) is 4.05. The van der Waals surface area contributed by atoms with Crippen LogP contribution in [-0.2, 0) is 11.3 Å². The third-order valence-corrected chi connectivity index (χ3v) is 5.38. The van der Waals surface area contributed by atoms with Crippen molar-refractivity contribution in [2.45, 2.75) is 31.8 Å². The number of para-hydroxylation sites is 1. The Kier molecular flexibility index (Phi) is 5.21. The number of nitrogens with zero attached hydrogens (tertiary/aromatic N) is 3. The van der Waals surface area contributed by atoms with Gasteiger partial charge in [-0.25, -0.2) is 0 Å². The normalized spacial score (nSPS) is 17.4. The smallest absolute Gasteiger partial charge is 0.271 e. The zero-order valence-electron chi connectivity index (χ0n) is 15.7. The standard InChI is InChI=1S/C22H25N3O2/c1-27-14-13-24-19-9-3-2-7-17(19)15-21(24)22(26)25-12-5-4-10-20(25)18-8-6-11-23-16-18/h2-3,6-9,11,15-16,20H,4-5,10,12-14H2,1H3/t20-/m0/s1. The van der Waals surface area contributed by atoms with E-state index in [4.69, 9.17) is 4.74 Å². The van der Waals surface area contributed by atoms with Gasteiger partial charge in [-0.1, -0.05) is 24.3 Å². The Balaban J connectivity index is 1.72. The number of benzene rings is 1. The molecule has 4 rings (SSSR count). The monoisotopic (exact) mass is 363 g/mol. The molecule has 0 radical (unpaired) electrons. The summed E-state index contributed by atoms with van der Waals surface area (Å²) >= 11 is 0. The van der Waals surface area contributed by atoms with E-state index < -0.39 is 0 Å². The predicted octanol–water partition coefficient (Wildman–Crippen LogP) is 4.05. The van der Waals surface area contributed by atoms with Crippen molar-refractivity contribution in [1.82, 2.24) is 14.5 Å². The molecule has 5 heteroatoms. The molecule has 1 aliphatic rings. The van der Waals surface area contributed by atoms with Gasteiger partial charge in [0.05, 0.1) is 12.6 Å². The number of amides is 1. The molecule has 3 aromatic rings. The molecule has 1 saturated heterocycles. The highest BCUT2D eigenvalue weighted by Gasteiger charge is 2.30. The van der Waals surface area contributed by atoms with Gasteiger partial charge in [-0.15, -0.1) is 0 Å². The van der Waals surface area contributed by atoms with Crippen molar-refractivity contribution in [3.63, 3.8) is 0 Å². The Hall–Kier alpha value is -2.66. The molecule has 0 spiro atoms. The van der Waals surface area contributed by atoms with E-state index in [2.05, 4.69) is 27.8 Å². The summed E-state index contributed by atoms with van der Waals surface area (Å²) in [6.45, 7) is 2.02. The number of pyridine rings is 1. The van der Waals surface area contributed by atoms with E-state index in [0.29, 0.717) is 13.2 Å². The summed E-state index contributed by atoms with van der Waals surface area (Å²) in [6, 6.07) is 14.3. The van der Waals surface area contributed by atoms with Gasteiger partial charge in [0.2, 0.25) is 0 Å². The van der Waals surface area contributed by atoms with Gasteiger partial charge in [0.15, 0.2) is 0 Å². The number of likely N-dealkylation sites (tertiary alicyclic amines) is 1. The molecular formula is C22H25N3O2. The number of piperidine rings is 1. The average Bonchev–Trinajstić information content (AvgIpc) is 3.11. The first-order valence-electron chi connectivity index (χ1n) is 9.57. The van der Waals surface area contributed by atoms with Gasteiger partial charge >= 0.3 is 0 Å². The van der Waals surface area contributed by atoms with Crippen molar-refractivity contribution in [2.75, 3.05) is 20.3 Å². The number of rotatable bonds is 5. The van der Waals surface area contributed by atoms with Crippen molar-refractivity contribution in [2.24, 2.45) is 0 Å². The van der Waals surface area contributed by atoms with E-state index >= 15 is 0 Å². The maximum atomic E-state index is 13.6. The van der Waals surface area contributed by atoms with Crippen molar-refractivity contribution in [3.8, 4) is 0 Å². The SMILES string of the molecule is COCCn1c(C(=O)N2CCCC[C@H]2c2cccnc2)cc2ccccc21. The largest absolute Gasteiger partial charge is 0.383 e. The first-order chi connectivity index (χ1) is 13.3. The van der Waals surface area contributed by atoms with Crippen LogP contribution in [0.3, 0.4) is 0 Å². The topological polar surface area (TPSA) is 47.4 Å². The second-order valence-electron chi connectivity index (χ2n) is 7.03. The number of carbonyl (C=O) groups is 1. The van der Waals surface area contributed by atoms with Crippen molar-refractivity contribution in [1.29, 1.82) is 0 Å². The third kappa shape index (κ3) is 3.47. The minimum absolute atomic E-state index is 0.0915. The molecule has 5 nitrogen and oxygen atoms in total. The fourth-order valence-corrected chi connectivity index (χ4v) is 4.05. The molecule has 1 fully saturated rings. The molecule has 2 aromatic heterocycles. The van der Waals surface area contributed by atoms with Gasteiger partial charge in [-0.2, -0.15) is 0 Å². The van der Waals surface area contributed by atoms with Crippen LogP contribution in [0.2, 0.25) is 0 Å². The van der Waals surface area contributed by atoms with Crippen LogP contribution in [0, 0.1) is 0 Å². The lowest BCUT2D eigenvalue weighted by Gasteiger charge is -2.36. The van der Waals surface area contributed by atoms with Crippen LogP contribution in [0.25, 0.3) is 10.9 Å². The van der Waals surface area contributed by atoms with Gasteiger partial charge in [-0.05, 0) is 43.0 Å². The molecule has 0 saturated carbocycles. The molecule has 0 unspecified atom stereocenters. The Labute approximate surface area is 159 Å². The summed E-state index contributed by atoms with van der Waals surface area (Å²) < 4.78 is 7.37. The summed E-state index contributed by atoms with van der Waals surface area (Å²) in [5.41, 5.74) is 2.93. The lowest BCUT2D eigenvalue weighted by atomic mass is 9.96. The molecule has 3 heterocycles. The summed E-state index contributed by atoms with van der Waals surface area (Å²) in [7, 11) is 1.69. The van der Waals surface area contributed by atoms with E-state index in [1.54, 1.807) is 13.3 Å². The second-order valence-corrected chi connectivity index (χ2v) is 7.03. The van der Waals surface area contributed by atoms with Gasteiger partial charge in [0.1, 0.15) is 5.69 Å². The zero-order chi connectivity index (χ0) is 18.6. The van der Waals surface area contributed by atoms with Crippen LogP contribution in [0.4, 0.5) is 0 Å². The number of aromatic nitrogens is 2. The predicted molar refractivity (Wildman–Crippen MR) is 106 cm³/mol. The van der Waals surface area contributed by atoms with Gasteiger partial charge in [-0.3, -0.25) is 9.78 Å². The van der Waals surface area contributed by atoms with Crippen LogP contribution in [0.5, 0.6) is 0 Å². The van der Waals surface area contributed by atoms with Crippen molar-refractivity contribution >= 4 is 16.8 Å². The first kappa shape index (κ1) is 17.7. The Morgan fingerprint density at radius 1 is 1.22 bits per heavy atom. The lowest BCUT2D eigenvalue weighted by molar-refractivity contribution is 0.0598. The second kappa shape index (κ2) is 7.92. The third-order valence-electron chi connectivity index (χ3n) is 5.38. The molecule has 140 valence electrons. The number of methoxy groups -OCH3 is 1. The molecule has 27 heavy (non-hydrogen) atoms. The summed E-state index contributed by atoms with van der Waals surface area (Å²) in [6.07, 6.45) is 6.82. The van der Waals surface area contributed by atoms with Gasteiger partial charge in [0, 0.05) is 43.5 Å². The van der Waals surface area contributed by atoms with E-state index in [-0.39, 0.29) is 11.9 Å². The maximum absolute atomic E-state index is 13.6. The van der Waals surface area contributed by atoms with Crippen molar-refractivity contribution in [3.05, 3.63) is 66.1 Å². The quantitative estimate of drug-likeness (QED) is 0.687.